The predicted octanol–water partition coefficient (Wildman–Crippen LogP) is 7.41. The van der Waals surface area contributed by atoms with Crippen LogP contribution in [0.4, 0.5) is 0 Å². The Bertz CT molecular complexity index is 1770. The minimum Gasteiger partial charge on any atom is -0.511 e. The van der Waals surface area contributed by atoms with Crippen LogP contribution in [0.5, 0.6) is 0 Å². The van der Waals surface area contributed by atoms with Crippen LogP contribution in [0.25, 0.3) is 27.7 Å². The molecule has 4 aromatic rings. The maximum Gasteiger partial charge on any atom is 0.193 e. The Kier molecular flexibility index (Phi) is 5.92. The number of fused-ring (bicyclic) bond motifs is 2. The third kappa shape index (κ3) is 3.45. The summed E-state index contributed by atoms with van der Waals surface area (Å²) in [7, 11) is 0. The molecule has 3 aliphatic rings. The van der Waals surface area contributed by atoms with Crippen LogP contribution < -0.4 is 0 Å². The number of carbonyl (C=O) groups is 1. The number of hydrogen-bond donors (Lipinski definition) is 1. The average molecular weight is 526 g/mol. The average Bonchev–Trinajstić information content (AvgIpc) is 3.51. The Morgan fingerprint density at radius 2 is 1.57 bits per heavy atom. The molecule has 3 unspecified atom stereocenters. The molecule has 0 spiro atoms. The van der Waals surface area contributed by atoms with Crippen molar-refractivity contribution in [3.63, 3.8) is 0 Å². The lowest BCUT2D eigenvalue weighted by atomic mass is 9.64. The van der Waals surface area contributed by atoms with E-state index in [0.717, 1.165) is 58.5 Å². The molecule has 0 amide bonds. The molecule has 198 valence electrons. The maximum absolute atomic E-state index is 14.4. The largest absolute Gasteiger partial charge is 0.511 e. The molecule has 1 N–H and O–H groups in total. The second-order valence-corrected chi connectivity index (χ2v) is 10.8. The lowest BCUT2D eigenvalue weighted by molar-refractivity contribution is -0.471. The number of allylic oxidation sites excluding steroid dienone is 6. The van der Waals surface area contributed by atoms with Gasteiger partial charge in [0, 0.05) is 34.7 Å². The molecule has 3 atom stereocenters. The predicted molar refractivity (Wildman–Crippen MR) is 161 cm³/mol. The Hall–Kier alpha value is -4.44. The number of carbonyl (C=O) groups excluding carboxylic acids is 1. The van der Waals surface area contributed by atoms with E-state index >= 15 is 0 Å². The molecular formula is C36H33N2O2+. The van der Waals surface area contributed by atoms with E-state index in [4.69, 9.17) is 0 Å². The second-order valence-electron chi connectivity index (χ2n) is 10.8. The Labute approximate surface area is 234 Å². The summed E-state index contributed by atoms with van der Waals surface area (Å²) < 4.78 is 4.63. The SMILES string of the molecule is CCn1c(-c2ccccc2)c(C2=C(O)C(C3C(c4ccccc4)=[N+](CC)C4=CC=CCC43)C2=O)c2ccccc21. The van der Waals surface area contributed by atoms with Crippen LogP contribution in [-0.2, 0) is 11.3 Å². The monoisotopic (exact) mass is 525 g/mol. The molecule has 4 nitrogen and oxygen atoms in total. The summed E-state index contributed by atoms with van der Waals surface area (Å²) in [6.45, 7) is 5.87. The highest BCUT2D eigenvalue weighted by Crippen LogP contribution is 2.52. The molecule has 1 aliphatic heterocycles. The second kappa shape index (κ2) is 9.63. The number of aliphatic hydroxyl groups excluding tert-OH is 1. The number of Topliss-reactive ketones (excluding diaryl/α,β-unsaturated/α-hetero) is 1. The molecule has 4 heteroatoms. The topological polar surface area (TPSA) is 45.2 Å². The fourth-order valence-corrected chi connectivity index (χ4v) is 7.32. The fraction of sp³-hybridized carbons (Fsp3) is 0.222. The highest BCUT2D eigenvalue weighted by Gasteiger charge is 2.58. The van der Waals surface area contributed by atoms with Gasteiger partial charge in [0.05, 0.1) is 29.0 Å². The van der Waals surface area contributed by atoms with Gasteiger partial charge in [0.25, 0.3) is 0 Å². The quantitative estimate of drug-likeness (QED) is 0.267. The Morgan fingerprint density at radius 3 is 2.25 bits per heavy atom. The van der Waals surface area contributed by atoms with E-state index in [1.807, 2.05) is 36.4 Å². The number of hydrogen-bond acceptors (Lipinski definition) is 2. The summed E-state index contributed by atoms with van der Waals surface area (Å²) in [5.74, 6) is -0.252. The molecule has 3 aromatic carbocycles. The zero-order chi connectivity index (χ0) is 27.4. The van der Waals surface area contributed by atoms with Gasteiger partial charge >= 0.3 is 0 Å². The Balaban J connectivity index is 1.44. The first-order valence-electron chi connectivity index (χ1n) is 14.4. The number of aromatic nitrogens is 1. The summed E-state index contributed by atoms with van der Waals surface area (Å²) in [5.41, 5.74) is 7.96. The van der Waals surface area contributed by atoms with Gasteiger partial charge in [-0.25, -0.2) is 0 Å². The molecule has 0 fully saturated rings. The molecule has 0 saturated carbocycles. The van der Waals surface area contributed by atoms with Gasteiger partial charge in [0.2, 0.25) is 0 Å². The number of aryl methyl sites for hydroxylation is 1. The molecule has 0 saturated heterocycles. The van der Waals surface area contributed by atoms with E-state index in [0.29, 0.717) is 5.57 Å². The van der Waals surface area contributed by atoms with E-state index in [1.54, 1.807) is 0 Å². The molecule has 1 aromatic heterocycles. The third-order valence-electron chi connectivity index (χ3n) is 8.93. The molecule has 40 heavy (non-hydrogen) atoms. The normalized spacial score (nSPS) is 22.1. The van der Waals surface area contributed by atoms with E-state index < -0.39 is 5.92 Å². The first kappa shape index (κ1) is 24.6. The van der Waals surface area contributed by atoms with Gasteiger partial charge in [-0.05, 0) is 44.0 Å². The summed E-state index contributed by atoms with van der Waals surface area (Å²) in [5, 5.41) is 13.0. The molecular weight excluding hydrogens is 492 g/mol. The maximum atomic E-state index is 14.4. The molecule has 2 aliphatic carbocycles. The van der Waals surface area contributed by atoms with Crippen molar-refractivity contribution < 1.29 is 14.5 Å². The van der Waals surface area contributed by atoms with Gasteiger partial charge in [0.15, 0.2) is 17.2 Å². The Morgan fingerprint density at radius 1 is 0.900 bits per heavy atom. The van der Waals surface area contributed by atoms with Crippen LogP contribution in [-0.4, -0.2) is 32.3 Å². The molecule has 2 heterocycles. The zero-order valence-electron chi connectivity index (χ0n) is 22.9. The van der Waals surface area contributed by atoms with Gasteiger partial charge in [-0.15, -0.1) is 0 Å². The molecule has 0 radical (unpaired) electrons. The first-order valence-corrected chi connectivity index (χ1v) is 14.4. The lowest BCUT2D eigenvalue weighted by Gasteiger charge is -2.34. The highest BCUT2D eigenvalue weighted by molar-refractivity contribution is 6.34. The van der Waals surface area contributed by atoms with Crippen LogP contribution in [0, 0.1) is 17.8 Å². The summed E-state index contributed by atoms with van der Waals surface area (Å²) in [6, 6.07) is 28.9. The van der Waals surface area contributed by atoms with E-state index in [-0.39, 0.29) is 23.4 Å². The molecule has 7 rings (SSSR count). The lowest BCUT2D eigenvalue weighted by Crippen LogP contribution is -2.42. The number of rotatable bonds is 6. The van der Waals surface area contributed by atoms with E-state index in [2.05, 4.69) is 89.7 Å². The minimum atomic E-state index is -0.561. The third-order valence-corrected chi connectivity index (χ3v) is 8.93. The van der Waals surface area contributed by atoms with Crippen molar-refractivity contribution in [2.24, 2.45) is 17.8 Å². The summed E-state index contributed by atoms with van der Waals surface area (Å²) >= 11 is 0. The zero-order valence-corrected chi connectivity index (χ0v) is 22.9. The van der Waals surface area contributed by atoms with E-state index in [9.17, 15) is 9.90 Å². The highest BCUT2D eigenvalue weighted by atomic mass is 16.3. The van der Waals surface area contributed by atoms with Crippen LogP contribution in [0.15, 0.2) is 115 Å². The standard InChI is InChI=1S/C36H32N2O2/c1-3-37-27-21-13-11-19-25(27)29(33(37)23-15-7-5-8-16-23)31-35(39)32(36(31)40)30-26-20-12-14-22-28(26)38(4-2)34(30)24-17-9-6-10-18-24/h5-19,21-22,26,30,32H,3-4,20H2,1-2H3/p+1. The number of nitrogens with zero attached hydrogens (tertiary/aromatic N) is 2. The van der Waals surface area contributed by atoms with Gasteiger partial charge in [0.1, 0.15) is 12.3 Å². The smallest absolute Gasteiger partial charge is 0.193 e. The van der Waals surface area contributed by atoms with Crippen LogP contribution >= 0.6 is 0 Å². The van der Waals surface area contributed by atoms with Crippen molar-refractivity contribution in [1.82, 2.24) is 4.57 Å². The van der Waals surface area contributed by atoms with Crippen molar-refractivity contribution in [3.05, 3.63) is 126 Å². The fourth-order valence-electron chi connectivity index (χ4n) is 7.32. The van der Waals surface area contributed by atoms with Gasteiger partial charge in [-0.2, -0.15) is 4.58 Å². The van der Waals surface area contributed by atoms with Crippen molar-refractivity contribution in [3.8, 4) is 11.3 Å². The van der Waals surface area contributed by atoms with Crippen LogP contribution in [0.3, 0.4) is 0 Å². The van der Waals surface area contributed by atoms with Gasteiger partial charge in [-0.1, -0.05) is 78.9 Å². The molecule has 0 bridgehead atoms. The number of para-hydroxylation sites is 1. The van der Waals surface area contributed by atoms with Crippen LogP contribution in [0.1, 0.15) is 31.4 Å². The van der Waals surface area contributed by atoms with Crippen LogP contribution in [0.2, 0.25) is 0 Å². The van der Waals surface area contributed by atoms with Crippen molar-refractivity contribution in [1.29, 1.82) is 0 Å². The van der Waals surface area contributed by atoms with Crippen molar-refractivity contribution in [2.45, 2.75) is 26.8 Å². The number of ketones is 1. The summed E-state index contributed by atoms with van der Waals surface area (Å²) in [6.07, 6.45) is 7.36. The van der Waals surface area contributed by atoms with Crippen molar-refractivity contribution >= 4 is 28.0 Å². The number of benzene rings is 3. The van der Waals surface area contributed by atoms with Gasteiger partial charge < -0.3 is 9.67 Å². The number of aliphatic hydroxyl groups is 1. The van der Waals surface area contributed by atoms with Crippen molar-refractivity contribution in [2.75, 3.05) is 6.54 Å². The first-order chi connectivity index (χ1) is 19.7. The minimum absolute atomic E-state index is 0.0407. The summed E-state index contributed by atoms with van der Waals surface area (Å²) in [4.78, 5) is 14.4. The van der Waals surface area contributed by atoms with Gasteiger partial charge in [-0.3, -0.25) is 4.79 Å². The van der Waals surface area contributed by atoms with E-state index in [1.165, 1.54) is 5.70 Å².